The highest BCUT2D eigenvalue weighted by Gasteiger charge is 2.44. The van der Waals surface area contributed by atoms with Gasteiger partial charge in [-0.2, -0.15) is 0 Å². The van der Waals surface area contributed by atoms with Crippen molar-refractivity contribution in [1.29, 1.82) is 0 Å². The maximum absolute atomic E-state index is 12.5. The zero-order valence-electron chi connectivity index (χ0n) is 14.5. The molecule has 9 nitrogen and oxygen atoms in total. The lowest BCUT2D eigenvalue weighted by Crippen LogP contribution is -2.40. The predicted octanol–water partition coefficient (Wildman–Crippen LogP) is -0.562. The van der Waals surface area contributed by atoms with Crippen molar-refractivity contribution >= 4 is 17.9 Å². The summed E-state index contributed by atoms with van der Waals surface area (Å²) < 4.78 is 25.5. The van der Waals surface area contributed by atoms with Crippen LogP contribution in [-0.2, 0) is 38.1 Å². The molecule has 146 valence electrons. The SMILES string of the molecule is O=C(OCCO)C1CCC(C(=O)OCC2CO2)C(C(=O)OCC2CO2)C1. The fourth-order valence-corrected chi connectivity index (χ4v) is 3.08. The Bertz CT molecular complexity index is 526. The minimum atomic E-state index is -0.762. The maximum atomic E-state index is 12.5. The fraction of sp³-hybridized carbons (Fsp3) is 0.824. The molecule has 0 amide bonds. The molecule has 1 saturated carbocycles. The third-order valence-corrected chi connectivity index (χ3v) is 4.75. The van der Waals surface area contributed by atoms with Gasteiger partial charge in [0.2, 0.25) is 0 Å². The van der Waals surface area contributed by atoms with E-state index in [1.807, 2.05) is 0 Å². The smallest absolute Gasteiger partial charge is 0.309 e. The largest absolute Gasteiger partial charge is 0.463 e. The Morgan fingerprint density at radius 2 is 1.42 bits per heavy atom. The van der Waals surface area contributed by atoms with Gasteiger partial charge in [-0.15, -0.1) is 0 Å². The highest BCUT2D eigenvalue weighted by molar-refractivity contribution is 5.84. The Hall–Kier alpha value is -1.71. The molecular formula is C17H24O9. The lowest BCUT2D eigenvalue weighted by molar-refractivity contribution is -0.167. The van der Waals surface area contributed by atoms with Crippen molar-refractivity contribution in [1.82, 2.24) is 0 Å². The molecule has 3 aliphatic rings. The van der Waals surface area contributed by atoms with Crippen molar-refractivity contribution in [3.05, 3.63) is 0 Å². The van der Waals surface area contributed by atoms with Gasteiger partial charge in [0, 0.05) is 0 Å². The van der Waals surface area contributed by atoms with E-state index < -0.39 is 35.7 Å². The van der Waals surface area contributed by atoms with Crippen LogP contribution in [-0.4, -0.2) is 74.9 Å². The van der Waals surface area contributed by atoms with Gasteiger partial charge >= 0.3 is 17.9 Å². The van der Waals surface area contributed by atoms with Crippen LogP contribution < -0.4 is 0 Å². The predicted molar refractivity (Wildman–Crippen MR) is 83.8 cm³/mol. The van der Waals surface area contributed by atoms with Gasteiger partial charge in [-0.3, -0.25) is 14.4 Å². The number of esters is 3. The molecule has 0 aromatic heterocycles. The number of hydrogen-bond donors (Lipinski definition) is 1. The van der Waals surface area contributed by atoms with E-state index in [1.54, 1.807) is 0 Å². The maximum Gasteiger partial charge on any atom is 0.309 e. The fourth-order valence-electron chi connectivity index (χ4n) is 3.08. The lowest BCUT2D eigenvalue weighted by Gasteiger charge is -2.32. The zero-order valence-corrected chi connectivity index (χ0v) is 14.5. The van der Waals surface area contributed by atoms with Crippen LogP contribution in [0.5, 0.6) is 0 Å². The number of aliphatic hydroxyl groups is 1. The summed E-state index contributed by atoms with van der Waals surface area (Å²) in [5, 5.41) is 8.77. The molecule has 0 aromatic rings. The minimum absolute atomic E-state index is 0.0545. The van der Waals surface area contributed by atoms with Gasteiger partial charge in [0.1, 0.15) is 32.0 Å². The van der Waals surface area contributed by atoms with Crippen molar-refractivity contribution in [3.63, 3.8) is 0 Å². The van der Waals surface area contributed by atoms with Crippen molar-refractivity contribution < 1.29 is 43.2 Å². The first-order chi connectivity index (χ1) is 12.6. The lowest BCUT2D eigenvalue weighted by atomic mass is 9.74. The van der Waals surface area contributed by atoms with Gasteiger partial charge in [0.25, 0.3) is 0 Å². The van der Waals surface area contributed by atoms with Crippen molar-refractivity contribution in [2.45, 2.75) is 31.5 Å². The van der Waals surface area contributed by atoms with Crippen LogP contribution in [0, 0.1) is 17.8 Å². The van der Waals surface area contributed by atoms with Crippen LogP contribution in [0.2, 0.25) is 0 Å². The first-order valence-corrected chi connectivity index (χ1v) is 8.92. The van der Waals surface area contributed by atoms with Crippen LogP contribution in [0.3, 0.4) is 0 Å². The van der Waals surface area contributed by atoms with E-state index in [1.165, 1.54) is 0 Å². The summed E-state index contributed by atoms with van der Waals surface area (Å²) >= 11 is 0. The molecular weight excluding hydrogens is 348 g/mol. The monoisotopic (exact) mass is 372 g/mol. The van der Waals surface area contributed by atoms with Gasteiger partial charge in [-0.1, -0.05) is 0 Å². The van der Waals surface area contributed by atoms with Crippen LogP contribution >= 0.6 is 0 Å². The summed E-state index contributed by atoms with van der Waals surface area (Å²) in [7, 11) is 0. The van der Waals surface area contributed by atoms with E-state index in [0.717, 1.165) is 0 Å². The third-order valence-electron chi connectivity index (χ3n) is 4.75. The summed E-state index contributed by atoms with van der Waals surface area (Å²) in [6.07, 6.45) is 0.780. The summed E-state index contributed by atoms with van der Waals surface area (Å²) in [5.74, 6) is -3.38. The Labute approximate surface area is 150 Å². The van der Waals surface area contributed by atoms with E-state index in [4.69, 9.17) is 28.8 Å². The quantitative estimate of drug-likeness (QED) is 0.322. The molecule has 26 heavy (non-hydrogen) atoms. The van der Waals surface area contributed by atoms with Gasteiger partial charge in [-0.05, 0) is 19.3 Å². The van der Waals surface area contributed by atoms with Gasteiger partial charge in [0.05, 0.1) is 37.6 Å². The Morgan fingerprint density at radius 3 is 1.96 bits per heavy atom. The molecule has 1 N–H and O–H groups in total. The van der Waals surface area contributed by atoms with Crippen LogP contribution in [0.25, 0.3) is 0 Å². The van der Waals surface area contributed by atoms with Gasteiger partial charge in [-0.25, -0.2) is 0 Å². The molecule has 5 atom stereocenters. The summed E-state index contributed by atoms with van der Waals surface area (Å²) in [4.78, 5) is 36.9. The van der Waals surface area contributed by atoms with E-state index in [-0.39, 0.29) is 45.1 Å². The number of carbonyl (C=O) groups excluding carboxylic acids is 3. The topological polar surface area (TPSA) is 124 Å². The zero-order chi connectivity index (χ0) is 18.5. The number of ether oxygens (including phenoxy) is 5. The van der Waals surface area contributed by atoms with Crippen molar-refractivity contribution in [3.8, 4) is 0 Å². The Kier molecular flexibility index (Phi) is 6.44. The molecule has 1 aliphatic carbocycles. The number of aliphatic hydroxyl groups excluding tert-OH is 1. The summed E-state index contributed by atoms with van der Waals surface area (Å²) in [6.45, 7) is 1.10. The van der Waals surface area contributed by atoms with Gasteiger partial charge < -0.3 is 28.8 Å². The van der Waals surface area contributed by atoms with E-state index in [9.17, 15) is 14.4 Å². The van der Waals surface area contributed by atoms with E-state index in [2.05, 4.69) is 0 Å². The Morgan fingerprint density at radius 1 is 0.846 bits per heavy atom. The second kappa shape index (κ2) is 8.79. The first-order valence-electron chi connectivity index (χ1n) is 8.92. The van der Waals surface area contributed by atoms with Crippen molar-refractivity contribution in [2.24, 2.45) is 17.8 Å². The molecule has 0 spiro atoms. The normalized spacial score (nSPS) is 32.4. The molecule has 2 saturated heterocycles. The van der Waals surface area contributed by atoms with Crippen LogP contribution in [0.4, 0.5) is 0 Å². The molecule has 2 heterocycles. The molecule has 0 bridgehead atoms. The first kappa shape index (κ1) is 19.1. The number of epoxide rings is 2. The van der Waals surface area contributed by atoms with Crippen LogP contribution in [0.1, 0.15) is 19.3 Å². The highest BCUT2D eigenvalue weighted by Crippen LogP contribution is 2.36. The third kappa shape index (κ3) is 5.39. The van der Waals surface area contributed by atoms with Gasteiger partial charge in [0.15, 0.2) is 0 Å². The second-order valence-electron chi connectivity index (χ2n) is 6.78. The molecule has 9 heteroatoms. The number of rotatable bonds is 9. The average Bonchev–Trinajstić information content (AvgIpc) is 3.56. The second-order valence-corrected chi connectivity index (χ2v) is 6.78. The molecule has 3 rings (SSSR count). The van der Waals surface area contributed by atoms with Crippen LogP contribution in [0.15, 0.2) is 0 Å². The minimum Gasteiger partial charge on any atom is -0.463 e. The highest BCUT2D eigenvalue weighted by atomic mass is 16.6. The molecule has 3 fully saturated rings. The van der Waals surface area contributed by atoms with E-state index >= 15 is 0 Å². The molecule has 5 unspecified atom stereocenters. The summed E-state index contributed by atoms with van der Waals surface area (Å²) in [5.41, 5.74) is 0. The molecule has 0 radical (unpaired) electrons. The number of hydrogen-bond acceptors (Lipinski definition) is 9. The average molecular weight is 372 g/mol. The standard InChI is InChI=1S/C17H24O9/c18-3-4-22-15(19)10-1-2-13(16(20)25-8-11-6-23-11)14(5-10)17(21)26-9-12-7-24-12/h10-14,18H,1-9H2. The summed E-state index contributed by atoms with van der Waals surface area (Å²) in [6, 6.07) is 0. The van der Waals surface area contributed by atoms with Crippen molar-refractivity contribution in [2.75, 3.05) is 39.6 Å². The Balaban J connectivity index is 1.58. The number of carbonyl (C=O) groups is 3. The van der Waals surface area contributed by atoms with E-state index in [0.29, 0.717) is 26.1 Å². The molecule has 0 aromatic carbocycles. The molecule has 2 aliphatic heterocycles.